The van der Waals surface area contributed by atoms with Gasteiger partial charge in [0.15, 0.2) is 5.82 Å². The van der Waals surface area contributed by atoms with Crippen LogP contribution in [0.15, 0.2) is 48.7 Å². The number of nitrogens with one attached hydrogen (secondary N) is 2. The molecule has 28 heavy (non-hydrogen) atoms. The minimum Gasteiger partial charge on any atom is -0.477 e. The zero-order chi connectivity index (χ0) is 19.3. The number of nitrogens with zero attached hydrogens (tertiary/aromatic N) is 4. The van der Waals surface area contributed by atoms with Crippen molar-refractivity contribution in [3.8, 4) is 17.3 Å². The summed E-state index contributed by atoms with van der Waals surface area (Å²) in [4.78, 5) is 17.9. The van der Waals surface area contributed by atoms with Crippen molar-refractivity contribution in [3.05, 3.63) is 48.7 Å². The van der Waals surface area contributed by atoms with Crippen LogP contribution in [0.25, 0.3) is 11.4 Å². The van der Waals surface area contributed by atoms with Gasteiger partial charge in [0.25, 0.3) is 0 Å². The van der Waals surface area contributed by atoms with Gasteiger partial charge in [-0.15, -0.1) is 0 Å². The van der Waals surface area contributed by atoms with Crippen LogP contribution in [0.2, 0.25) is 0 Å². The van der Waals surface area contributed by atoms with E-state index in [4.69, 9.17) is 4.74 Å². The lowest BCUT2D eigenvalue weighted by atomic mass is 10.2. The Bertz CT molecular complexity index is 910. The second-order valence-corrected chi connectivity index (χ2v) is 7.24. The Hall–Kier alpha value is -3.22. The highest BCUT2D eigenvalue weighted by molar-refractivity contribution is 5.60. The number of rotatable bonds is 8. The van der Waals surface area contributed by atoms with E-state index in [0.29, 0.717) is 29.5 Å². The molecule has 0 atom stereocenters. The molecule has 0 saturated heterocycles. The van der Waals surface area contributed by atoms with Gasteiger partial charge in [0.2, 0.25) is 17.8 Å². The van der Waals surface area contributed by atoms with Crippen molar-refractivity contribution in [2.24, 2.45) is 5.92 Å². The average Bonchev–Trinajstić information content (AvgIpc) is 3.52. The molecular weight excluding hydrogens is 352 g/mol. The van der Waals surface area contributed by atoms with Crippen LogP contribution in [-0.2, 0) is 0 Å². The summed E-state index contributed by atoms with van der Waals surface area (Å²) in [6.07, 6.45) is 4.24. The number of pyridine rings is 1. The first-order valence-electron chi connectivity index (χ1n) is 9.59. The molecule has 0 bridgehead atoms. The van der Waals surface area contributed by atoms with Crippen LogP contribution in [0.5, 0.6) is 5.88 Å². The third-order valence-corrected chi connectivity index (χ3v) is 4.24. The van der Waals surface area contributed by atoms with Gasteiger partial charge in [-0.25, -0.2) is 4.98 Å². The molecule has 0 amide bonds. The highest BCUT2D eigenvalue weighted by atomic mass is 16.5. The Morgan fingerprint density at radius 2 is 1.79 bits per heavy atom. The Kier molecular flexibility index (Phi) is 5.32. The molecule has 4 rings (SSSR count). The lowest BCUT2D eigenvalue weighted by Crippen LogP contribution is -2.14. The van der Waals surface area contributed by atoms with Crippen molar-refractivity contribution in [2.75, 3.05) is 17.2 Å². The zero-order valence-corrected chi connectivity index (χ0v) is 16.1. The van der Waals surface area contributed by atoms with Crippen molar-refractivity contribution < 1.29 is 4.74 Å². The van der Waals surface area contributed by atoms with E-state index >= 15 is 0 Å². The summed E-state index contributed by atoms with van der Waals surface area (Å²) < 4.78 is 5.68. The third-order valence-electron chi connectivity index (χ3n) is 4.24. The number of aromatic nitrogens is 4. The van der Waals surface area contributed by atoms with E-state index in [1.165, 1.54) is 12.8 Å². The lowest BCUT2D eigenvalue weighted by molar-refractivity contribution is 0.288. The fourth-order valence-electron chi connectivity index (χ4n) is 2.63. The summed E-state index contributed by atoms with van der Waals surface area (Å²) in [6, 6.07) is 13.8. The molecule has 2 N–H and O–H groups in total. The van der Waals surface area contributed by atoms with Gasteiger partial charge in [0.05, 0.1) is 18.5 Å². The minimum atomic E-state index is 0.212. The van der Waals surface area contributed by atoms with Gasteiger partial charge in [0, 0.05) is 17.7 Å². The first-order valence-corrected chi connectivity index (χ1v) is 9.59. The second kappa shape index (κ2) is 8.21. The molecule has 1 saturated carbocycles. The quantitative estimate of drug-likeness (QED) is 0.607. The topological polar surface area (TPSA) is 84.9 Å². The predicted octanol–water partition coefficient (Wildman–Crippen LogP) is 4.29. The molecule has 1 fully saturated rings. The van der Waals surface area contributed by atoms with Crippen LogP contribution in [0, 0.1) is 5.92 Å². The van der Waals surface area contributed by atoms with Gasteiger partial charge >= 0.3 is 0 Å². The van der Waals surface area contributed by atoms with Crippen LogP contribution in [0.4, 0.5) is 17.6 Å². The van der Waals surface area contributed by atoms with E-state index < -0.39 is 0 Å². The van der Waals surface area contributed by atoms with Crippen molar-refractivity contribution in [2.45, 2.75) is 32.7 Å². The van der Waals surface area contributed by atoms with Gasteiger partial charge in [-0.1, -0.05) is 30.3 Å². The van der Waals surface area contributed by atoms with Gasteiger partial charge < -0.3 is 15.4 Å². The number of ether oxygens (including phenoxy) is 1. The molecule has 0 aliphatic heterocycles. The van der Waals surface area contributed by atoms with E-state index in [1.807, 2.05) is 56.3 Å². The Balaban J connectivity index is 1.53. The van der Waals surface area contributed by atoms with Crippen LogP contribution >= 0.6 is 0 Å². The summed E-state index contributed by atoms with van der Waals surface area (Å²) in [7, 11) is 0. The van der Waals surface area contributed by atoms with Crippen molar-refractivity contribution in [1.29, 1.82) is 0 Å². The Morgan fingerprint density at radius 3 is 2.46 bits per heavy atom. The van der Waals surface area contributed by atoms with Crippen molar-refractivity contribution in [3.63, 3.8) is 0 Å². The molecule has 2 heterocycles. The number of anilines is 3. The molecule has 2 aromatic heterocycles. The lowest BCUT2D eigenvalue weighted by Gasteiger charge is -2.12. The molecule has 7 heteroatoms. The third kappa shape index (κ3) is 4.94. The maximum absolute atomic E-state index is 5.68. The smallest absolute Gasteiger partial charge is 0.232 e. The van der Waals surface area contributed by atoms with Gasteiger partial charge in [-0.05, 0) is 38.7 Å². The van der Waals surface area contributed by atoms with Crippen molar-refractivity contribution in [1.82, 2.24) is 19.9 Å². The van der Waals surface area contributed by atoms with E-state index in [0.717, 1.165) is 17.9 Å². The van der Waals surface area contributed by atoms with E-state index in [2.05, 4.69) is 30.6 Å². The monoisotopic (exact) mass is 376 g/mol. The minimum absolute atomic E-state index is 0.212. The molecule has 0 spiro atoms. The standard InChI is InChI=1S/C21H24N6O/c1-14(2)23-20-25-19(16-6-4-3-5-7-16)26-21(27-20)24-17-10-11-18(22-12-17)28-13-15-8-9-15/h3-7,10-12,14-15H,8-9,13H2,1-2H3,(H2,23,24,25,26,27). The first kappa shape index (κ1) is 18.2. The number of benzene rings is 1. The summed E-state index contributed by atoms with van der Waals surface area (Å²) in [6.45, 7) is 4.84. The summed E-state index contributed by atoms with van der Waals surface area (Å²) in [5, 5.41) is 6.46. The molecular formula is C21H24N6O. The first-order chi connectivity index (χ1) is 13.7. The largest absolute Gasteiger partial charge is 0.477 e. The van der Waals surface area contributed by atoms with E-state index in [9.17, 15) is 0 Å². The number of hydrogen-bond acceptors (Lipinski definition) is 7. The number of hydrogen-bond donors (Lipinski definition) is 2. The fourth-order valence-corrected chi connectivity index (χ4v) is 2.63. The molecule has 1 aliphatic rings. The Labute approximate surface area is 164 Å². The highest BCUT2D eigenvalue weighted by Gasteiger charge is 2.22. The predicted molar refractivity (Wildman–Crippen MR) is 110 cm³/mol. The summed E-state index contributed by atoms with van der Waals surface area (Å²) in [5.41, 5.74) is 1.72. The second-order valence-electron chi connectivity index (χ2n) is 7.24. The maximum atomic E-state index is 5.68. The van der Waals surface area contributed by atoms with E-state index in [-0.39, 0.29) is 6.04 Å². The van der Waals surface area contributed by atoms with Crippen LogP contribution in [-0.4, -0.2) is 32.6 Å². The molecule has 3 aromatic rings. The average molecular weight is 376 g/mol. The Morgan fingerprint density at radius 1 is 1.00 bits per heavy atom. The molecule has 0 unspecified atom stereocenters. The molecule has 144 valence electrons. The molecule has 1 aliphatic carbocycles. The summed E-state index contributed by atoms with van der Waals surface area (Å²) in [5.74, 6) is 2.95. The molecule has 1 aromatic carbocycles. The molecule has 0 radical (unpaired) electrons. The van der Waals surface area contributed by atoms with E-state index in [1.54, 1.807) is 6.20 Å². The zero-order valence-electron chi connectivity index (χ0n) is 16.1. The summed E-state index contributed by atoms with van der Waals surface area (Å²) >= 11 is 0. The van der Waals surface area contributed by atoms with Crippen LogP contribution < -0.4 is 15.4 Å². The normalized spacial score (nSPS) is 13.4. The molecule has 7 nitrogen and oxygen atoms in total. The van der Waals surface area contributed by atoms with Crippen molar-refractivity contribution >= 4 is 17.6 Å². The highest BCUT2D eigenvalue weighted by Crippen LogP contribution is 2.29. The van der Waals surface area contributed by atoms with Crippen LogP contribution in [0.1, 0.15) is 26.7 Å². The SMILES string of the molecule is CC(C)Nc1nc(Nc2ccc(OCC3CC3)nc2)nc(-c2ccccc2)n1. The van der Waals surface area contributed by atoms with Gasteiger partial charge in [0.1, 0.15) is 0 Å². The van der Waals surface area contributed by atoms with Gasteiger partial charge in [-0.2, -0.15) is 15.0 Å². The van der Waals surface area contributed by atoms with Gasteiger partial charge in [-0.3, -0.25) is 0 Å². The maximum Gasteiger partial charge on any atom is 0.232 e. The fraction of sp³-hybridized carbons (Fsp3) is 0.333. The van der Waals surface area contributed by atoms with Crippen LogP contribution in [0.3, 0.4) is 0 Å².